The minimum absolute atomic E-state index is 0.0130. The Balaban J connectivity index is 2.49. The number of thiocarbonyl (C=S) groups is 1. The Kier molecular flexibility index (Phi) is 2.92. The van der Waals surface area contributed by atoms with Gasteiger partial charge in [-0.15, -0.1) is 0 Å². The molecule has 0 aromatic heterocycles. The highest BCUT2D eigenvalue weighted by molar-refractivity contribution is 7.80. The number of hydrogen-bond donors (Lipinski definition) is 2. The van der Waals surface area contributed by atoms with E-state index in [4.69, 9.17) is 23.1 Å². The van der Waals surface area contributed by atoms with Gasteiger partial charge in [0.25, 0.3) is 0 Å². The number of likely N-dealkylation sites (N-methyl/N-ethyl adjacent to an activating group) is 1. The van der Waals surface area contributed by atoms with Crippen LogP contribution in [-0.2, 0) is 0 Å². The third-order valence-electron chi connectivity index (χ3n) is 2.32. The van der Waals surface area contributed by atoms with Gasteiger partial charge in [0.05, 0.1) is 6.04 Å². The number of carbonyl (C=O) groups is 1. The zero-order chi connectivity index (χ0) is 10.0. The summed E-state index contributed by atoms with van der Waals surface area (Å²) in [6, 6.07) is 0.0130. The number of amides is 1. The van der Waals surface area contributed by atoms with E-state index in [9.17, 15) is 4.79 Å². The topological polar surface area (TPSA) is 69.8 Å². The molecule has 13 heavy (non-hydrogen) atoms. The molecule has 1 saturated heterocycles. The van der Waals surface area contributed by atoms with Crippen LogP contribution in [-0.4, -0.2) is 52.3 Å². The monoisotopic (exact) mass is 203 g/mol. The first kappa shape index (κ1) is 10.0. The van der Waals surface area contributed by atoms with Crippen LogP contribution in [0.5, 0.6) is 0 Å². The normalized spacial score (nSPS) is 21.6. The Labute approximate surface area is 82.1 Å². The van der Waals surface area contributed by atoms with Crippen LogP contribution in [0.25, 0.3) is 0 Å². The van der Waals surface area contributed by atoms with Crippen LogP contribution in [0.1, 0.15) is 6.42 Å². The van der Waals surface area contributed by atoms with Crippen molar-refractivity contribution in [1.82, 2.24) is 9.80 Å². The molecule has 1 fully saturated rings. The van der Waals surface area contributed by atoms with Crippen molar-refractivity contribution in [2.24, 2.45) is 5.73 Å². The summed E-state index contributed by atoms with van der Waals surface area (Å²) < 4.78 is 0. The molecule has 0 spiro atoms. The van der Waals surface area contributed by atoms with E-state index in [0.29, 0.717) is 11.7 Å². The maximum absolute atomic E-state index is 10.6. The molecule has 1 aliphatic heterocycles. The Morgan fingerprint density at radius 3 is 2.77 bits per heavy atom. The minimum Gasteiger partial charge on any atom is -0.465 e. The highest BCUT2D eigenvalue weighted by atomic mass is 32.1. The maximum atomic E-state index is 10.6. The lowest BCUT2D eigenvalue weighted by molar-refractivity contribution is 0.140. The van der Waals surface area contributed by atoms with Crippen LogP contribution in [0.2, 0.25) is 0 Å². The van der Waals surface area contributed by atoms with Crippen LogP contribution in [0.4, 0.5) is 4.79 Å². The van der Waals surface area contributed by atoms with Gasteiger partial charge in [-0.3, -0.25) is 0 Å². The fraction of sp³-hybridized carbons (Fsp3) is 0.714. The van der Waals surface area contributed by atoms with Gasteiger partial charge in [0, 0.05) is 20.1 Å². The van der Waals surface area contributed by atoms with Crippen molar-refractivity contribution in [3.8, 4) is 0 Å². The SMILES string of the molecule is CN(C(=O)O)C1CCN(C(N)=S)C1. The minimum atomic E-state index is -0.908. The van der Waals surface area contributed by atoms with Crippen LogP contribution in [0.15, 0.2) is 0 Å². The third kappa shape index (κ3) is 2.21. The molecule has 1 aliphatic rings. The molecule has 5 nitrogen and oxygen atoms in total. The quantitative estimate of drug-likeness (QED) is 0.583. The van der Waals surface area contributed by atoms with Crippen molar-refractivity contribution < 1.29 is 9.90 Å². The Bertz CT molecular complexity index is 234. The fourth-order valence-corrected chi connectivity index (χ4v) is 1.58. The molecule has 0 aliphatic carbocycles. The van der Waals surface area contributed by atoms with Crippen molar-refractivity contribution in [2.75, 3.05) is 20.1 Å². The second kappa shape index (κ2) is 3.78. The van der Waals surface area contributed by atoms with Crippen LogP contribution in [0, 0.1) is 0 Å². The van der Waals surface area contributed by atoms with Crippen LogP contribution < -0.4 is 5.73 Å². The number of likely N-dealkylation sites (tertiary alicyclic amines) is 1. The van der Waals surface area contributed by atoms with E-state index in [1.165, 1.54) is 4.90 Å². The molecule has 1 heterocycles. The molecule has 0 aromatic rings. The molecule has 0 bridgehead atoms. The smallest absolute Gasteiger partial charge is 0.407 e. The van der Waals surface area contributed by atoms with Crippen LogP contribution >= 0.6 is 12.2 Å². The summed E-state index contributed by atoms with van der Waals surface area (Å²) in [6.45, 7) is 1.36. The van der Waals surface area contributed by atoms with E-state index in [-0.39, 0.29) is 6.04 Å². The van der Waals surface area contributed by atoms with Gasteiger partial charge in [0.1, 0.15) is 0 Å². The zero-order valence-electron chi connectivity index (χ0n) is 7.43. The second-order valence-corrected chi connectivity index (χ2v) is 3.54. The van der Waals surface area contributed by atoms with Crippen molar-refractivity contribution in [3.05, 3.63) is 0 Å². The van der Waals surface area contributed by atoms with Crippen molar-refractivity contribution in [3.63, 3.8) is 0 Å². The molecule has 0 aromatic carbocycles. The number of rotatable bonds is 1. The Morgan fingerprint density at radius 2 is 2.38 bits per heavy atom. The largest absolute Gasteiger partial charge is 0.465 e. The molecular weight excluding hydrogens is 190 g/mol. The van der Waals surface area contributed by atoms with Crippen LogP contribution in [0.3, 0.4) is 0 Å². The summed E-state index contributed by atoms with van der Waals surface area (Å²) in [4.78, 5) is 13.7. The van der Waals surface area contributed by atoms with Gasteiger partial charge in [0.2, 0.25) is 0 Å². The lowest BCUT2D eigenvalue weighted by atomic mass is 10.2. The Morgan fingerprint density at radius 1 is 1.77 bits per heavy atom. The standard InChI is InChI=1S/C7H13N3O2S/c1-9(7(11)12)5-2-3-10(4-5)6(8)13/h5H,2-4H2,1H3,(H2,8,13)(H,11,12). The molecule has 0 saturated carbocycles. The average molecular weight is 203 g/mol. The van der Waals surface area contributed by atoms with E-state index < -0.39 is 6.09 Å². The lowest BCUT2D eigenvalue weighted by Gasteiger charge is -2.21. The third-order valence-corrected chi connectivity index (χ3v) is 2.58. The lowest BCUT2D eigenvalue weighted by Crippen LogP contribution is -2.40. The van der Waals surface area contributed by atoms with E-state index in [1.54, 1.807) is 7.05 Å². The van der Waals surface area contributed by atoms with Gasteiger partial charge >= 0.3 is 6.09 Å². The van der Waals surface area contributed by atoms with Crippen molar-refractivity contribution in [1.29, 1.82) is 0 Å². The van der Waals surface area contributed by atoms with E-state index in [1.807, 2.05) is 4.90 Å². The summed E-state index contributed by atoms with van der Waals surface area (Å²) in [6.07, 6.45) is -0.116. The zero-order valence-corrected chi connectivity index (χ0v) is 8.25. The predicted octanol–water partition coefficient (Wildman–Crippen LogP) is -0.0859. The summed E-state index contributed by atoms with van der Waals surface area (Å²) >= 11 is 4.80. The van der Waals surface area contributed by atoms with E-state index in [2.05, 4.69) is 0 Å². The van der Waals surface area contributed by atoms with Gasteiger partial charge in [-0.1, -0.05) is 0 Å². The molecular formula is C7H13N3O2S. The molecule has 74 valence electrons. The van der Waals surface area contributed by atoms with Crippen molar-refractivity contribution in [2.45, 2.75) is 12.5 Å². The maximum Gasteiger partial charge on any atom is 0.407 e. The van der Waals surface area contributed by atoms with Gasteiger partial charge in [-0.05, 0) is 18.6 Å². The molecule has 1 unspecified atom stereocenters. The van der Waals surface area contributed by atoms with Gasteiger partial charge < -0.3 is 20.6 Å². The average Bonchev–Trinajstić information content (AvgIpc) is 2.50. The molecule has 1 atom stereocenters. The summed E-state index contributed by atoms with van der Waals surface area (Å²) in [7, 11) is 1.57. The number of nitrogens with two attached hydrogens (primary N) is 1. The van der Waals surface area contributed by atoms with E-state index in [0.717, 1.165) is 13.0 Å². The van der Waals surface area contributed by atoms with Gasteiger partial charge in [-0.25, -0.2) is 4.79 Å². The number of nitrogens with zero attached hydrogens (tertiary/aromatic N) is 2. The molecule has 0 radical (unpaired) electrons. The van der Waals surface area contributed by atoms with E-state index >= 15 is 0 Å². The van der Waals surface area contributed by atoms with Crippen molar-refractivity contribution >= 4 is 23.4 Å². The summed E-state index contributed by atoms with van der Waals surface area (Å²) in [5.74, 6) is 0. The second-order valence-electron chi connectivity index (χ2n) is 3.12. The number of hydrogen-bond acceptors (Lipinski definition) is 2. The first-order chi connectivity index (χ1) is 6.02. The fourth-order valence-electron chi connectivity index (χ4n) is 1.41. The molecule has 1 amide bonds. The number of carboxylic acid groups (broad SMARTS) is 1. The highest BCUT2D eigenvalue weighted by Gasteiger charge is 2.28. The molecule has 3 N–H and O–H groups in total. The highest BCUT2D eigenvalue weighted by Crippen LogP contribution is 2.13. The summed E-state index contributed by atoms with van der Waals surface area (Å²) in [5, 5.41) is 9.06. The first-order valence-electron chi connectivity index (χ1n) is 4.02. The van der Waals surface area contributed by atoms with Gasteiger partial charge in [0.15, 0.2) is 5.11 Å². The Hall–Kier alpha value is -1.04. The molecule has 6 heteroatoms. The first-order valence-corrected chi connectivity index (χ1v) is 4.43. The predicted molar refractivity (Wildman–Crippen MR) is 52.6 cm³/mol. The molecule has 1 rings (SSSR count). The summed E-state index contributed by atoms with van der Waals surface area (Å²) in [5.41, 5.74) is 5.43. The van der Waals surface area contributed by atoms with Gasteiger partial charge in [-0.2, -0.15) is 0 Å².